The monoisotopic (exact) mass is 440 g/mol. The molecule has 1 aromatic carbocycles. The number of benzene rings is 1. The van der Waals surface area contributed by atoms with E-state index in [2.05, 4.69) is 16.0 Å². The molecule has 7 heteroatoms. The minimum absolute atomic E-state index is 0.0208. The summed E-state index contributed by atoms with van der Waals surface area (Å²) in [7, 11) is 0. The van der Waals surface area contributed by atoms with Crippen LogP contribution in [0.1, 0.15) is 28.8 Å². The third kappa shape index (κ3) is 4.07. The summed E-state index contributed by atoms with van der Waals surface area (Å²) in [6, 6.07) is 13.3. The SMILES string of the molecule is O=C(CN1C(=O)CCCc2cc(-c3csc(-c4ccncc4)n3)ccc21)c1ccncc1. The van der Waals surface area contributed by atoms with Crippen LogP contribution in [0.4, 0.5) is 5.69 Å². The molecule has 32 heavy (non-hydrogen) atoms. The smallest absolute Gasteiger partial charge is 0.227 e. The number of aromatic nitrogens is 3. The lowest BCUT2D eigenvalue weighted by molar-refractivity contribution is -0.118. The Morgan fingerprint density at radius 3 is 2.47 bits per heavy atom. The van der Waals surface area contributed by atoms with E-state index in [0.717, 1.165) is 45.9 Å². The lowest BCUT2D eigenvalue weighted by Gasteiger charge is -2.23. The molecule has 6 nitrogen and oxygen atoms in total. The van der Waals surface area contributed by atoms with Gasteiger partial charge in [-0.2, -0.15) is 0 Å². The van der Waals surface area contributed by atoms with Gasteiger partial charge < -0.3 is 4.90 Å². The van der Waals surface area contributed by atoms with Gasteiger partial charge in [-0.15, -0.1) is 11.3 Å². The number of thiazole rings is 1. The lowest BCUT2D eigenvalue weighted by atomic mass is 10.0. The Morgan fingerprint density at radius 1 is 0.938 bits per heavy atom. The Bertz CT molecular complexity index is 1270. The number of ketones is 1. The Balaban J connectivity index is 1.45. The van der Waals surface area contributed by atoms with Crippen molar-refractivity contribution in [2.45, 2.75) is 19.3 Å². The standard InChI is InChI=1S/C25H20N4O2S/c30-23(17-6-10-26-11-7-17)15-29-22-5-4-19(14-20(22)2-1-3-24(29)31)21-16-32-25(28-21)18-8-12-27-13-9-18/h4-14,16H,1-3,15H2. The number of pyridine rings is 2. The van der Waals surface area contributed by atoms with Gasteiger partial charge >= 0.3 is 0 Å². The van der Waals surface area contributed by atoms with Gasteiger partial charge in [-0.25, -0.2) is 4.98 Å². The van der Waals surface area contributed by atoms with E-state index >= 15 is 0 Å². The van der Waals surface area contributed by atoms with E-state index in [4.69, 9.17) is 4.98 Å². The third-order valence-corrected chi connectivity index (χ3v) is 6.43. The summed E-state index contributed by atoms with van der Waals surface area (Å²) in [5.74, 6) is -0.119. The van der Waals surface area contributed by atoms with Crippen LogP contribution in [0.5, 0.6) is 0 Å². The first-order valence-electron chi connectivity index (χ1n) is 10.4. The van der Waals surface area contributed by atoms with Gasteiger partial charge in [0.2, 0.25) is 5.91 Å². The van der Waals surface area contributed by atoms with Gasteiger partial charge in [-0.1, -0.05) is 6.07 Å². The highest BCUT2D eigenvalue weighted by Gasteiger charge is 2.25. The molecule has 1 aliphatic rings. The fourth-order valence-corrected chi connectivity index (χ4v) is 4.72. The Kier molecular flexibility index (Phi) is 5.56. The molecule has 0 saturated heterocycles. The van der Waals surface area contributed by atoms with Crippen molar-refractivity contribution < 1.29 is 9.59 Å². The molecule has 3 aromatic heterocycles. The molecule has 5 rings (SSSR count). The second-order valence-electron chi connectivity index (χ2n) is 7.61. The van der Waals surface area contributed by atoms with E-state index in [9.17, 15) is 9.59 Å². The molecular weight excluding hydrogens is 420 g/mol. The normalized spacial score (nSPS) is 13.5. The second kappa shape index (κ2) is 8.80. The molecule has 0 unspecified atom stereocenters. The molecule has 0 aliphatic carbocycles. The van der Waals surface area contributed by atoms with E-state index in [-0.39, 0.29) is 18.2 Å². The zero-order valence-electron chi connectivity index (χ0n) is 17.3. The van der Waals surface area contributed by atoms with Crippen molar-refractivity contribution in [2.24, 2.45) is 0 Å². The van der Waals surface area contributed by atoms with Gasteiger partial charge in [0.05, 0.1) is 12.2 Å². The number of aryl methyl sites for hydroxylation is 1. The summed E-state index contributed by atoms with van der Waals surface area (Å²) >= 11 is 1.59. The van der Waals surface area contributed by atoms with Crippen LogP contribution in [0, 0.1) is 0 Å². The maximum atomic E-state index is 12.8. The van der Waals surface area contributed by atoms with Crippen molar-refractivity contribution >= 4 is 28.7 Å². The van der Waals surface area contributed by atoms with E-state index in [0.29, 0.717) is 12.0 Å². The van der Waals surface area contributed by atoms with Crippen molar-refractivity contribution in [3.8, 4) is 21.8 Å². The average molecular weight is 441 g/mol. The Labute approximate surface area is 189 Å². The van der Waals surface area contributed by atoms with Crippen molar-refractivity contribution in [3.63, 3.8) is 0 Å². The minimum atomic E-state index is -0.0980. The summed E-state index contributed by atoms with van der Waals surface area (Å²) < 4.78 is 0. The van der Waals surface area contributed by atoms with Crippen molar-refractivity contribution in [2.75, 3.05) is 11.4 Å². The fraction of sp³-hybridized carbons (Fsp3) is 0.160. The number of amides is 1. The summed E-state index contributed by atoms with van der Waals surface area (Å²) in [6.07, 6.45) is 8.67. The number of hydrogen-bond acceptors (Lipinski definition) is 6. The molecule has 4 heterocycles. The van der Waals surface area contributed by atoms with Crippen molar-refractivity contribution in [1.82, 2.24) is 15.0 Å². The van der Waals surface area contributed by atoms with Crippen LogP contribution in [0.3, 0.4) is 0 Å². The summed E-state index contributed by atoms with van der Waals surface area (Å²) in [5, 5.41) is 2.99. The van der Waals surface area contributed by atoms with Crippen LogP contribution >= 0.6 is 11.3 Å². The first-order chi connectivity index (χ1) is 15.7. The molecule has 0 fully saturated rings. The number of rotatable bonds is 5. The highest BCUT2D eigenvalue weighted by molar-refractivity contribution is 7.13. The lowest BCUT2D eigenvalue weighted by Crippen LogP contribution is -2.35. The predicted molar refractivity (Wildman–Crippen MR) is 125 cm³/mol. The van der Waals surface area contributed by atoms with Crippen molar-refractivity contribution in [3.05, 3.63) is 83.8 Å². The molecule has 0 atom stereocenters. The number of nitrogens with zero attached hydrogens (tertiary/aromatic N) is 4. The predicted octanol–water partition coefficient (Wildman–Crippen LogP) is 4.82. The maximum Gasteiger partial charge on any atom is 0.227 e. The summed E-state index contributed by atoms with van der Waals surface area (Å²) in [4.78, 5) is 40.0. The zero-order chi connectivity index (χ0) is 21.9. The molecule has 0 radical (unpaired) electrons. The van der Waals surface area contributed by atoms with Crippen LogP contribution in [0.15, 0.2) is 72.6 Å². The number of carbonyl (C=O) groups excluding carboxylic acids is 2. The first kappa shape index (κ1) is 20.2. The van der Waals surface area contributed by atoms with Gasteiger partial charge in [0.1, 0.15) is 5.01 Å². The number of anilines is 1. The van der Waals surface area contributed by atoms with Gasteiger partial charge in [-0.3, -0.25) is 19.6 Å². The van der Waals surface area contributed by atoms with Crippen LogP contribution in [-0.4, -0.2) is 33.2 Å². The number of Topliss-reactive ketones (excluding diaryl/α,β-unsaturated/α-hetero) is 1. The summed E-state index contributed by atoms with van der Waals surface area (Å²) in [5.41, 5.74) is 5.38. The number of hydrogen-bond donors (Lipinski definition) is 0. The third-order valence-electron chi connectivity index (χ3n) is 5.54. The van der Waals surface area contributed by atoms with Crippen LogP contribution in [0.2, 0.25) is 0 Å². The molecule has 0 saturated carbocycles. The number of fused-ring (bicyclic) bond motifs is 1. The highest BCUT2D eigenvalue weighted by atomic mass is 32.1. The van der Waals surface area contributed by atoms with E-state index in [1.165, 1.54) is 0 Å². The summed E-state index contributed by atoms with van der Waals surface area (Å²) in [6.45, 7) is 0.0259. The quantitative estimate of drug-likeness (QED) is 0.416. The topological polar surface area (TPSA) is 76.1 Å². The molecule has 0 spiro atoms. The van der Waals surface area contributed by atoms with Gasteiger partial charge in [-0.05, 0) is 54.8 Å². The van der Waals surface area contributed by atoms with Crippen LogP contribution in [0.25, 0.3) is 21.8 Å². The first-order valence-corrected chi connectivity index (χ1v) is 11.3. The average Bonchev–Trinajstić information content (AvgIpc) is 3.28. The molecule has 1 amide bonds. The largest absolute Gasteiger partial charge is 0.304 e. The second-order valence-corrected chi connectivity index (χ2v) is 8.47. The Morgan fingerprint density at radius 2 is 1.69 bits per heavy atom. The van der Waals surface area contributed by atoms with E-state index in [1.807, 2.05) is 29.6 Å². The van der Waals surface area contributed by atoms with Crippen LogP contribution < -0.4 is 4.90 Å². The molecular formula is C25H20N4O2S. The molecule has 0 N–H and O–H groups in total. The zero-order valence-corrected chi connectivity index (χ0v) is 18.1. The van der Waals surface area contributed by atoms with Crippen LogP contribution in [-0.2, 0) is 11.2 Å². The van der Waals surface area contributed by atoms with Crippen molar-refractivity contribution in [1.29, 1.82) is 0 Å². The molecule has 158 valence electrons. The molecule has 1 aliphatic heterocycles. The maximum absolute atomic E-state index is 12.8. The van der Waals surface area contributed by atoms with Gasteiger partial charge in [0.25, 0.3) is 0 Å². The van der Waals surface area contributed by atoms with E-state index in [1.54, 1.807) is 53.2 Å². The minimum Gasteiger partial charge on any atom is -0.304 e. The number of carbonyl (C=O) groups is 2. The Hall–Kier alpha value is -3.71. The molecule has 0 bridgehead atoms. The van der Waals surface area contributed by atoms with Gasteiger partial charge in [0, 0.05) is 59.0 Å². The highest BCUT2D eigenvalue weighted by Crippen LogP contribution is 2.34. The fourth-order valence-electron chi connectivity index (χ4n) is 3.89. The van der Waals surface area contributed by atoms with E-state index < -0.39 is 0 Å². The molecule has 4 aromatic rings. The van der Waals surface area contributed by atoms with Gasteiger partial charge in [0.15, 0.2) is 5.78 Å².